The van der Waals surface area contributed by atoms with Crippen molar-refractivity contribution >= 4 is 0 Å². The standard InChI is InChI=1S/C10H8N4.C2H6/c1-14-6-10(13-7-14)9-4-8(5-11)2-3-12-9;1-2/h2-4,6-7H,1H3;1-2H3. The number of hydrogen-bond donors (Lipinski definition) is 0. The van der Waals surface area contributed by atoms with Gasteiger partial charge in [0.2, 0.25) is 0 Å². The Morgan fingerprint density at radius 2 is 2.00 bits per heavy atom. The van der Waals surface area contributed by atoms with E-state index in [0.29, 0.717) is 5.56 Å². The molecule has 0 atom stereocenters. The molecule has 2 aromatic rings. The topological polar surface area (TPSA) is 54.5 Å². The summed E-state index contributed by atoms with van der Waals surface area (Å²) in [5.74, 6) is 0. The van der Waals surface area contributed by atoms with Crippen molar-refractivity contribution in [3.63, 3.8) is 0 Å². The fraction of sp³-hybridized carbons (Fsp3) is 0.250. The first-order chi connectivity index (χ1) is 7.79. The minimum absolute atomic E-state index is 0.598. The lowest BCUT2D eigenvalue weighted by atomic mass is 10.2. The Bertz CT molecular complexity index is 494. The van der Waals surface area contributed by atoms with Crippen LogP contribution < -0.4 is 0 Å². The number of pyridine rings is 1. The van der Waals surface area contributed by atoms with Crippen LogP contribution in [0.15, 0.2) is 30.9 Å². The van der Waals surface area contributed by atoms with Crippen molar-refractivity contribution in [1.82, 2.24) is 14.5 Å². The average Bonchev–Trinajstić information content (AvgIpc) is 2.79. The molecule has 2 aromatic heterocycles. The van der Waals surface area contributed by atoms with E-state index in [9.17, 15) is 0 Å². The van der Waals surface area contributed by atoms with Gasteiger partial charge in [0.05, 0.1) is 23.7 Å². The number of hydrogen-bond acceptors (Lipinski definition) is 3. The van der Waals surface area contributed by atoms with E-state index in [0.717, 1.165) is 11.4 Å². The van der Waals surface area contributed by atoms with Crippen molar-refractivity contribution in [3.05, 3.63) is 36.4 Å². The Labute approximate surface area is 95.2 Å². The molecule has 0 aliphatic heterocycles. The lowest BCUT2D eigenvalue weighted by Gasteiger charge is -1.94. The minimum Gasteiger partial charge on any atom is -0.340 e. The van der Waals surface area contributed by atoms with E-state index in [1.165, 1.54) is 0 Å². The first kappa shape index (κ1) is 11.9. The van der Waals surface area contributed by atoms with Gasteiger partial charge in [-0.25, -0.2) is 4.98 Å². The average molecular weight is 214 g/mol. The Balaban J connectivity index is 0.000000606. The molecule has 0 radical (unpaired) electrons. The van der Waals surface area contributed by atoms with Crippen molar-refractivity contribution in [2.75, 3.05) is 0 Å². The van der Waals surface area contributed by atoms with Crippen LogP contribution in [0, 0.1) is 11.3 Å². The summed E-state index contributed by atoms with van der Waals surface area (Å²) < 4.78 is 1.84. The Hall–Kier alpha value is -2.15. The summed E-state index contributed by atoms with van der Waals surface area (Å²) in [6.45, 7) is 4.00. The molecule has 0 saturated heterocycles. The highest BCUT2D eigenvalue weighted by Crippen LogP contribution is 2.14. The summed E-state index contributed by atoms with van der Waals surface area (Å²) in [6, 6.07) is 5.47. The zero-order valence-corrected chi connectivity index (χ0v) is 9.68. The minimum atomic E-state index is 0.598. The SMILES string of the molecule is CC.Cn1cnc(-c2cc(C#N)ccn2)c1. The van der Waals surface area contributed by atoms with Crippen LogP contribution in [0.5, 0.6) is 0 Å². The summed E-state index contributed by atoms with van der Waals surface area (Å²) in [5.41, 5.74) is 2.11. The van der Waals surface area contributed by atoms with Gasteiger partial charge in [-0.3, -0.25) is 4.98 Å². The van der Waals surface area contributed by atoms with Gasteiger partial charge < -0.3 is 4.57 Å². The highest BCUT2D eigenvalue weighted by molar-refractivity contribution is 5.55. The molecule has 0 spiro atoms. The maximum Gasteiger partial charge on any atom is 0.107 e. The molecule has 0 aromatic carbocycles. The highest BCUT2D eigenvalue weighted by Gasteiger charge is 2.02. The van der Waals surface area contributed by atoms with Gasteiger partial charge in [-0.15, -0.1) is 0 Å². The second-order valence-electron chi connectivity index (χ2n) is 2.97. The largest absolute Gasteiger partial charge is 0.340 e. The van der Waals surface area contributed by atoms with E-state index in [1.54, 1.807) is 24.7 Å². The molecule has 2 rings (SSSR count). The number of nitriles is 1. The van der Waals surface area contributed by atoms with E-state index >= 15 is 0 Å². The van der Waals surface area contributed by atoms with E-state index in [2.05, 4.69) is 16.0 Å². The third-order valence-electron chi connectivity index (χ3n) is 1.86. The van der Waals surface area contributed by atoms with Crippen molar-refractivity contribution < 1.29 is 0 Å². The van der Waals surface area contributed by atoms with Crippen molar-refractivity contribution in [2.24, 2.45) is 7.05 Å². The van der Waals surface area contributed by atoms with Gasteiger partial charge in [0, 0.05) is 19.4 Å². The predicted molar refractivity (Wildman–Crippen MR) is 62.5 cm³/mol. The van der Waals surface area contributed by atoms with E-state index < -0.39 is 0 Å². The fourth-order valence-electron chi connectivity index (χ4n) is 1.19. The quantitative estimate of drug-likeness (QED) is 0.732. The van der Waals surface area contributed by atoms with E-state index in [4.69, 9.17) is 5.26 Å². The van der Waals surface area contributed by atoms with Crippen LogP contribution in [-0.4, -0.2) is 14.5 Å². The van der Waals surface area contributed by atoms with Crippen LogP contribution >= 0.6 is 0 Å². The highest BCUT2D eigenvalue weighted by atomic mass is 15.0. The van der Waals surface area contributed by atoms with Crippen LogP contribution in [0.2, 0.25) is 0 Å². The summed E-state index contributed by atoms with van der Waals surface area (Å²) in [5, 5.41) is 8.71. The third-order valence-corrected chi connectivity index (χ3v) is 1.86. The Morgan fingerprint density at radius 3 is 2.56 bits per heavy atom. The molecule has 0 saturated carbocycles. The number of nitrogens with zero attached hydrogens (tertiary/aromatic N) is 4. The summed E-state index contributed by atoms with van der Waals surface area (Å²) in [4.78, 5) is 8.30. The molecule has 2 heterocycles. The Morgan fingerprint density at radius 1 is 1.25 bits per heavy atom. The first-order valence-electron chi connectivity index (χ1n) is 5.14. The van der Waals surface area contributed by atoms with Gasteiger partial charge in [-0.05, 0) is 12.1 Å². The summed E-state index contributed by atoms with van der Waals surface area (Å²) >= 11 is 0. The summed E-state index contributed by atoms with van der Waals surface area (Å²) in [6.07, 6.45) is 5.18. The van der Waals surface area contributed by atoms with Crippen molar-refractivity contribution in [1.29, 1.82) is 5.26 Å². The second kappa shape index (κ2) is 5.66. The van der Waals surface area contributed by atoms with Gasteiger partial charge in [0.1, 0.15) is 5.69 Å². The van der Waals surface area contributed by atoms with Gasteiger partial charge in [-0.1, -0.05) is 13.8 Å². The molecule has 0 unspecified atom stereocenters. The molecule has 82 valence electrons. The lowest BCUT2D eigenvalue weighted by molar-refractivity contribution is 0.913. The molecular formula is C12H14N4. The predicted octanol–water partition coefficient (Wildman–Crippen LogP) is 2.38. The van der Waals surface area contributed by atoms with Crippen LogP contribution in [0.25, 0.3) is 11.4 Å². The molecule has 0 N–H and O–H groups in total. The molecule has 0 amide bonds. The zero-order chi connectivity index (χ0) is 12.0. The van der Waals surface area contributed by atoms with Gasteiger partial charge in [-0.2, -0.15) is 5.26 Å². The van der Waals surface area contributed by atoms with Crippen LogP contribution in [0.3, 0.4) is 0 Å². The zero-order valence-electron chi connectivity index (χ0n) is 9.68. The van der Waals surface area contributed by atoms with Gasteiger partial charge in [0.15, 0.2) is 0 Å². The molecule has 0 fully saturated rings. The van der Waals surface area contributed by atoms with Crippen LogP contribution in [-0.2, 0) is 7.05 Å². The number of aromatic nitrogens is 3. The van der Waals surface area contributed by atoms with Gasteiger partial charge >= 0.3 is 0 Å². The molecule has 0 bridgehead atoms. The maximum atomic E-state index is 8.71. The number of rotatable bonds is 1. The molecule has 0 aliphatic carbocycles. The monoisotopic (exact) mass is 214 g/mol. The first-order valence-corrected chi connectivity index (χ1v) is 5.14. The number of aryl methyl sites for hydroxylation is 1. The molecule has 0 aliphatic rings. The molecule has 16 heavy (non-hydrogen) atoms. The second-order valence-corrected chi connectivity index (χ2v) is 2.97. The lowest BCUT2D eigenvalue weighted by Crippen LogP contribution is -1.84. The molecular weight excluding hydrogens is 200 g/mol. The van der Waals surface area contributed by atoms with Crippen LogP contribution in [0.1, 0.15) is 19.4 Å². The number of imidazole rings is 1. The Kier molecular flexibility index (Phi) is 4.22. The smallest absolute Gasteiger partial charge is 0.107 e. The van der Waals surface area contributed by atoms with E-state index in [-0.39, 0.29) is 0 Å². The van der Waals surface area contributed by atoms with Gasteiger partial charge in [0.25, 0.3) is 0 Å². The molecule has 4 nitrogen and oxygen atoms in total. The van der Waals surface area contributed by atoms with Crippen LogP contribution in [0.4, 0.5) is 0 Å². The molecule has 4 heteroatoms. The van der Waals surface area contributed by atoms with Crippen molar-refractivity contribution in [3.8, 4) is 17.5 Å². The summed E-state index contributed by atoms with van der Waals surface area (Å²) in [7, 11) is 1.89. The fourth-order valence-corrected chi connectivity index (χ4v) is 1.19. The van der Waals surface area contributed by atoms with Crippen molar-refractivity contribution in [2.45, 2.75) is 13.8 Å². The van der Waals surface area contributed by atoms with E-state index in [1.807, 2.05) is 31.7 Å². The normalized spacial score (nSPS) is 8.88. The maximum absolute atomic E-state index is 8.71. The third kappa shape index (κ3) is 2.67.